The van der Waals surface area contributed by atoms with Crippen molar-refractivity contribution in [2.45, 2.75) is 33.0 Å². The lowest BCUT2D eigenvalue weighted by Crippen LogP contribution is -2.37. The van der Waals surface area contributed by atoms with Crippen molar-refractivity contribution in [3.63, 3.8) is 0 Å². The molecule has 0 aromatic heterocycles. The SMILES string of the molecule is CCN(CC)CCNCC(O)COC(C)COC. The van der Waals surface area contributed by atoms with Gasteiger partial charge in [0.2, 0.25) is 0 Å². The maximum atomic E-state index is 9.70. The standard InChI is InChI=1S/C13H30N2O3/c1-5-15(6-2)8-7-14-9-13(16)11-18-12(3)10-17-4/h12-14,16H,5-11H2,1-4H3. The van der Waals surface area contributed by atoms with Gasteiger partial charge >= 0.3 is 0 Å². The number of aliphatic hydroxyl groups excluding tert-OH is 1. The fraction of sp³-hybridized carbons (Fsp3) is 1.00. The molecule has 5 heteroatoms. The Morgan fingerprint density at radius 3 is 2.44 bits per heavy atom. The van der Waals surface area contributed by atoms with Crippen molar-refractivity contribution in [1.82, 2.24) is 10.2 Å². The Labute approximate surface area is 111 Å². The molecule has 0 aliphatic carbocycles. The van der Waals surface area contributed by atoms with Crippen molar-refractivity contribution in [2.24, 2.45) is 0 Å². The number of hydrogen-bond acceptors (Lipinski definition) is 5. The van der Waals surface area contributed by atoms with Crippen molar-refractivity contribution in [1.29, 1.82) is 0 Å². The Balaban J connectivity index is 3.44. The van der Waals surface area contributed by atoms with E-state index in [2.05, 4.69) is 24.1 Å². The second-order valence-electron chi connectivity index (χ2n) is 4.48. The molecule has 0 radical (unpaired) electrons. The summed E-state index contributed by atoms with van der Waals surface area (Å²) < 4.78 is 10.4. The van der Waals surface area contributed by atoms with E-state index < -0.39 is 6.10 Å². The second-order valence-corrected chi connectivity index (χ2v) is 4.48. The number of methoxy groups -OCH3 is 1. The summed E-state index contributed by atoms with van der Waals surface area (Å²) in [5, 5.41) is 12.9. The van der Waals surface area contributed by atoms with Gasteiger partial charge < -0.3 is 24.8 Å². The molecule has 2 unspecified atom stereocenters. The molecule has 0 aromatic carbocycles. The van der Waals surface area contributed by atoms with Crippen LogP contribution in [-0.4, -0.2) is 75.3 Å². The summed E-state index contributed by atoms with van der Waals surface area (Å²) >= 11 is 0. The van der Waals surface area contributed by atoms with E-state index in [1.807, 2.05) is 6.92 Å². The Hall–Kier alpha value is -0.200. The zero-order valence-electron chi connectivity index (χ0n) is 12.3. The fourth-order valence-electron chi connectivity index (χ4n) is 1.66. The molecular formula is C13H30N2O3. The number of nitrogens with one attached hydrogen (secondary N) is 1. The lowest BCUT2D eigenvalue weighted by atomic mass is 10.3. The van der Waals surface area contributed by atoms with E-state index in [1.54, 1.807) is 7.11 Å². The van der Waals surface area contributed by atoms with Crippen LogP contribution in [0.25, 0.3) is 0 Å². The highest BCUT2D eigenvalue weighted by Crippen LogP contribution is 1.93. The minimum atomic E-state index is -0.457. The van der Waals surface area contributed by atoms with Gasteiger partial charge in [-0.15, -0.1) is 0 Å². The molecular weight excluding hydrogens is 232 g/mol. The summed E-state index contributed by atoms with van der Waals surface area (Å²) in [6, 6.07) is 0. The predicted octanol–water partition coefficient (Wildman–Crippen LogP) is 0.330. The topological polar surface area (TPSA) is 54.0 Å². The molecule has 0 amide bonds. The fourth-order valence-corrected chi connectivity index (χ4v) is 1.66. The Morgan fingerprint density at radius 2 is 1.89 bits per heavy atom. The van der Waals surface area contributed by atoms with Gasteiger partial charge in [0.25, 0.3) is 0 Å². The van der Waals surface area contributed by atoms with Crippen molar-refractivity contribution in [2.75, 3.05) is 53.0 Å². The van der Waals surface area contributed by atoms with Gasteiger partial charge in [-0.2, -0.15) is 0 Å². The van der Waals surface area contributed by atoms with Crippen LogP contribution in [0.1, 0.15) is 20.8 Å². The third-order valence-electron chi connectivity index (χ3n) is 2.85. The molecule has 0 saturated heterocycles. The number of aliphatic hydroxyl groups is 1. The van der Waals surface area contributed by atoms with Crippen molar-refractivity contribution < 1.29 is 14.6 Å². The summed E-state index contributed by atoms with van der Waals surface area (Å²) in [5.41, 5.74) is 0. The lowest BCUT2D eigenvalue weighted by molar-refractivity contribution is -0.0310. The van der Waals surface area contributed by atoms with E-state index >= 15 is 0 Å². The highest BCUT2D eigenvalue weighted by Gasteiger charge is 2.07. The molecule has 0 aliphatic rings. The smallest absolute Gasteiger partial charge is 0.0897 e. The van der Waals surface area contributed by atoms with Crippen molar-refractivity contribution >= 4 is 0 Å². The minimum absolute atomic E-state index is 0.0281. The summed E-state index contributed by atoms with van der Waals surface area (Å²) in [4.78, 5) is 2.34. The Morgan fingerprint density at radius 1 is 1.22 bits per heavy atom. The maximum Gasteiger partial charge on any atom is 0.0897 e. The van der Waals surface area contributed by atoms with E-state index in [0.717, 1.165) is 26.2 Å². The molecule has 2 atom stereocenters. The molecule has 0 saturated carbocycles. The highest BCUT2D eigenvalue weighted by atomic mass is 16.5. The largest absolute Gasteiger partial charge is 0.389 e. The van der Waals surface area contributed by atoms with Crippen LogP contribution in [-0.2, 0) is 9.47 Å². The highest BCUT2D eigenvalue weighted by molar-refractivity contribution is 4.62. The molecule has 0 aromatic rings. The van der Waals surface area contributed by atoms with E-state index in [4.69, 9.17) is 9.47 Å². The molecule has 0 bridgehead atoms. The van der Waals surface area contributed by atoms with Crippen LogP contribution in [0.3, 0.4) is 0 Å². The number of ether oxygens (including phenoxy) is 2. The minimum Gasteiger partial charge on any atom is -0.389 e. The summed E-state index contributed by atoms with van der Waals surface area (Å²) in [7, 11) is 1.64. The first kappa shape index (κ1) is 17.8. The van der Waals surface area contributed by atoms with Crippen molar-refractivity contribution in [3.8, 4) is 0 Å². The van der Waals surface area contributed by atoms with E-state index in [-0.39, 0.29) is 6.10 Å². The third-order valence-corrected chi connectivity index (χ3v) is 2.85. The number of hydrogen-bond donors (Lipinski definition) is 2. The number of nitrogens with zero attached hydrogens (tertiary/aromatic N) is 1. The van der Waals surface area contributed by atoms with Crippen LogP contribution in [0.15, 0.2) is 0 Å². The lowest BCUT2D eigenvalue weighted by Gasteiger charge is -2.19. The van der Waals surface area contributed by atoms with E-state index in [1.165, 1.54) is 0 Å². The molecule has 0 aliphatic heterocycles. The first-order valence-corrected chi connectivity index (χ1v) is 6.85. The molecule has 5 nitrogen and oxygen atoms in total. The van der Waals surface area contributed by atoms with Crippen LogP contribution in [0.4, 0.5) is 0 Å². The van der Waals surface area contributed by atoms with Gasteiger partial charge in [-0.25, -0.2) is 0 Å². The van der Waals surface area contributed by atoms with Crippen LogP contribution in [0.5, 0.6) is 0 Å². The zero-order chi connectivity index (χ0) is 13.8. The second kappa shape index (κ2) is 11.9. The molecule has 0 fully saturated rings. The normalized spacial score (nSPS) is 15.0. The third kappa shape index (κ3) is 9.79. The van der Waals surface area contributed by atoms with Crippen LogP contribution < -0.4 is 5.32 Å². The average molecular weight is 262 g/mol. The molecule has 18 heavy (non-hydrogen) atoms. The molecule has 0 rings (SSSR count). The molecule has 0 heterocycles. The molecule has 2 N–H and O–H groups in total. The van der Waals surface area contributed by atoms with Gasteiger partial charge in [0.1, 0.15) is 0 Å². The van der Waals surface area contributed by atoms with E-state index in [9.17, 15) is 5.11 Å². The Kier molecular flexibility index (Phi) is 11.7. The summed E-state index contributed by atoms with van der Waals surface area (Å²) in [5.74, 6) is 0. The van der Waals surface area contributed by atoms with Gasteiger partial charge in [0.15, 0.2) is 0 Å². The van der Waals surface area contributed by atoms with Gasteiger partial charge in [0.05, 0.1) is 25.4 Å². The van der Waals surface area contributed by atoms with E-state index in [0.29, 0.717) is 19.8 Å². The molecule has 0 spiro atoms. The number of likely N-dealkylation sites (N-methyl/N-ethyl adjacent to an activating group) is 1. The van der Waals surface area contributed by atoms with Crippen LogP contribution >= 0.6 is 0 Å². The van der Waals surface area contributed by atoms with Gasteiger partial charge in [-0.05, 0) is 20.0 Å². The Bertz CT molecular complexity index is 178. The monoisotopic (exact) mass is 262 g/mol. The van der Waals surface area contributed by atoms with Crippen molar-refractivity contribution in [3.05, 3.63) is 0 Å². The maximum absolute atomic E-state index is 9.70. The van der Waals surface area contributed by atoms with Gasteiger partial charge in [-0.1, -0.05) is 13.8 Å². The molecule has 110 valence electrons. The predicted molar refractivity (Wildman–Crippen MR) is 74.0 cm³/mol. The first-order chi connectivity index (χ1) is 8.63. The summed E-state index contributed by atoms with van der Waals surface area (Å²) in [6.45, 7) is 11.8. The quantitative estimate of drug-likeness (QED) is 0.497. The average Bonchev–Trinajstić information content (AvgIpc) is 2.37. The first-order valence-electron chi connectivity index (χ1n) is 6.85. The van der Waals surface area contributed by atoms with Crippen LogP contribution in [0, 0.1) is 0 Å². The van der Waals surface area contributed by atoms with Gasteiger partial charge in [-0.3, -0.25) is 0 Å². The zero-order valence-corrected chi connectivity index (χ0v) is 12.3. The van der Waals surface area contributed by atoms with Gasteiger partial charge in [0, 0.05) is 26.7 Å². The van der Waals surface area contributed by atoms with Crippen LogP contribution in [0.2, 0.25) is 0 Å². The summed E-state index contributed by atoms with van der Waals surface area (Å²) in [6.07, 6.45) is -0.429. The number of rotatable bonds is 12.